The molecule has 0 aliphatic heterocycles. The van der Waals surface area contributed by atoms with E-state index in [-0.39, 0.29) is 21.7 Å². The highest BCUT2D eigenvalue weighted by molar-refractivity contribution is 7.93. The van der Waals surface area contributed by atoms with E-state index in [1.54, 1.807) is 11.4 Å². The average molecular weight is 421 g/mol. The van der Waals surface area contributed by atoms with Gasteiger partial charge in [0, 0.05) is 13.1 Å². The van der Waals surface area contributed by atoms with E-state index in [1.807, 2.05) is 26.0 Å². The Labute approximate surface area is 171 Å². The van der Waals surface area contributed by atoms with Crippen LogP contribution in [0.15, 0.2) is 34.5 Å². The summed E-state index contributed by atoms with van der Waals surface area (Å²) in [6, 6.07) is 7.19. The van der Waals surface area contributed by atoms with Gasteiger partial charge in [0.1, 0.15) is 9.77 Å². The van der Waals surface area contributed by atoms with Crippen molar-refractivity contribution in [2.24, 2.45) is 5.92 Å². The van der Waals surface area contributed by atoms with Crippen molar-refractivity contribution in [3.63, 3.8) is 0 Å². The number of anilines is 1. The van der Waals surface area contributed by atoms with E-state index in [4.69, 9.17) is 0 Å². The molecule has 3 rings (SSSR count). The summed E-state index contributed by atoms with van der Waals surface area (Å²) in [6.45, 7) is 6.17. The maximum absolute atomic E-state index is 13.2. The summed E-state index contributed by atoms with van der Waals surface area (Å²) in [5, 5.41) is 4.70. The first-order valence-corrected chi connectivity index (χ1v) is 12.0. The second kappa shape index (κ2) is 8.25. The zero-order valence-corrected chi connectivity index (χ0v) is 18.5. The topological polar surface area (TPSA) is 66.5 Å². The number of hydrogen-bond acceptors (Lipinski definition) is 4. The van der Waals surface area contributed by atoms with Crippen molar-refractivity contribution in [3.8, 4) is 0 Å². The van der Waals surface area contributed by atoms with Crippen LogP contribution in [0.5, 0.6) is 0 Å². The molecular weight excluding hydrogens is 392 g/mol. The molecule has 5 nitrogen and oxygen atoms in total. The minimum absolute atomic E-state index is 0.0694. The fraction of sp³-hybridized carbons (Fsp3) is 0.476. The quantitative estimate of drug-likeness (QED) is 0.774. The third-order valence-corrected chi connectivity index (χ3v) is 8.55. The second-order valence-corrected chi connectivity index (χ2v) is 10.6. The van der Waals surface area contributed by atoms with Crippen LogP contribution in [0, 0.1) is 19.8 Å². The predicted molar refractivity (Wildman–Crippen MR) is 115 cm³/mol. The van der Waals surface area contributed by atoms with Gasteiger partial charge in [-0.15, -0.1) is 11.3 Å². The lowest BCUT2D eigenvalue weighted by Gasteiger charge is -2.27. The molecule has 1 saturated carbocycles. The maximum atomic E-state index is 13.2. The molecule has 0 spiro atoms. The number of thiophene rings is 1. The molecule has 1 aliphatic carbocycles. The van der Waals surface area contributed by atoms with Crippen molar-refractivity contribution in [2.45, 2.75) is 57.4 Å². The van der Waals surface area contributed by atoms with Gasteiger partial charge in [-0.25, -0.2) is 8.42 Å². The van der Waals surface area contributed by atoms with Gasteiger partial charge in [0.15, 0.2) is 0 Å². The number of hydrogen-bond donors (Lipinski definition) is 1. The van der Waals surface area contributed by atoms with Crippen LogP contribution >= 0.6 is 11.3 Å². The Bertz CT molecular complexity index is 958. The van der Waals surface area contributed by atoms with Crippen LogP contribution in [0.4, 0.5) is 5.69 Å². The Morgan fingerprint density at radius 2 is 1.79 bits per heavy atom. The average Bonchev–Trinajstić information content (AvgIpc) is 3.16. The molecule has 1 aromatic heterocycles. The Balaban J connectivity index is 1.82. The van der Waals surface area contributed by atoms with Crippen LogP contribution in [-0.4, -0.2) is 27.4 Å². The Kier molecular flexibility index (Phi) is 6.15. The normalized spacial score (nSPS) is 20.0. The van der Waals surface area contributed by atoms with Crippen LogP contribution in [0.25, 0.3) is 0 Å². The van der Waals surface area contributed by atoms with Gasteiger partial charge < -0.3 is 5.32 Å². The van der Waals surface area contributed by atoms with Crippen LogP contribution < -0.4 is 9.62 Å². The molecule has 1 heterocycles. The van der Waals surface area contributed by atoms with Crippen molar-refractivity contribution in [2.75, 3.05) is 11.4 Å². The van der Waals surface area contributed by atoms with E-state index in [0.29, 0.717) is 11.6 Å². The molecular formula is C21H28N2O3S2. The molecule has 1 amide bonds. The summed E-state index contributed by atoms with van der Waals surface area (Å²) in [6.07, 6.45) is 4.08. The van der Waals surface area contributed by atoms with Gasteiger partial charge in [0.2, 0.25) is 0 Å². The smallest absolute Gasteiger partial charge is 0.265 e. The highest BCUT2D eigenvalue weighted by atomic mass is 32.2. The highest BCUT2D eigenvalue weighted by Crippen LogP contribution is 2.30. The monoisotopic (exact) mass is 420 g/mol. The van der Waals surface area contributed by atoms with Crippen molar-refractivity contribution in [3.05, 3.63) is 45.6 Å². The molecule has 0 saturated heterocycles. The number of nitrogens with zero attached hydrogens (tertiary/aromatic N) is 1. The van der Waals surface area contributed by atoms with E-state index in [1.165, 1.54) is 28.8 Å². The van der Waals surface area contributed by atoms with E-state index in [2.05, 4.69) is 12.2 Å². The van der Waals surface area contributed by atoms with Gasteiger partial charge in [-0.05, 0) is 80.2 Å². The molecule has 0 bridgehead atoms. The summed E-state index contributed by atoms with van der Waals surface area (Å²) in [5.74, 6) is 0.402. The van der Waals surface area contributed by atoms with E-state index < -0.39 is 10.0 Å². The van der Waals surface area contributed by atoms with Crippen LogP contribution in [0.2, 0.25) is 0 Å². The summed E-state index contributed by atoms with van der Waals surface area (Å²) in [7, 11) is -2.29. The second-order valence-electron chi connectivity index (χ2n) is 7.79. The molecule has 7 heteroatoms. The molecule has 1 fully saturated rings. The number of carbonyl (C=O) groups excluding carboxylic acids is 1. The fourth-order valence-electron chi connectivity index (χ4n) is 3.53. The first-order valence-electron chi connectivity index (χ1n) is 9.64. The summed E-state index contributed by atoms with van der Waals surface area (Å²) in [4.78, 5) is 13.1. The third-order valence-electron chi connectivity index (χ3n) is 5.68. The molecule has 152 valence electrons. The molecule has 0 atom stereocenters. The largest absolute Gasteiger partial charge is 0.349 e. The molecule has 0 radical (unpaired) electrons. The molecule has 28 heavy (non-hydrogen) atoms. The standard InChI is InChI=1S/C21H28N2O3S2/c1-14-5-8-17(9-6-14)22-21(24)20-19(11-12-27-20)28(25,26)23(4)18-10-7-15(2)16(3)13-18/h7,10-14,17H,5-6,8-9H2,1-4H3,(H,22,24). The van der Waals surface area contributed by atoms with Crippen molar-refractivity contribution in [1.29, 1.82) is 0 Å². The van der Waals surface area contributed by atoms with Crippen molar-refractivity contribution in [1.82, 2.24) is 5.32 Å². The van der Waals surface area contributed by atoms with Gasteiger partial charge in [0.05, 0.1) is 5.69 Å². The van der Waals surface area contributed by atoms with Crippen LogP contribution in [0.1, 0.15) is 53.4 Å². The molecule has 1 aliphatic rings. The van der Waals surface area contributed by atoms with E-state index >= 15 is 0 Å². The first-order chi connectivity index (χ1) is 13.2. The fourth-order valence-corrected chi connectivity index (χ4v) is 6.02. The van der Waals surface area contributed by atoms with E-state index in [0.717, 1.165) is 36.8 Å². The van der Waals surface area contributed by atoms with Crippen molar-refractivity contribution >= 4 is 33.0 Å². The minimum Gasteiger partial charge on any atom is -0.349 e. The minimum atomic E-state index is -3.82. The van der Waals surface area contributed by atoms with Gasteiger partial charge in [-0.3, -0.25) is 9.10 Å². The number of nitrogens with one attached hydrogen (secondary N) is 1. The Morgan fingerprint density at radius 3 is 2.43 bits per heavy atom. The lowest BCUT2D eigenvalue weighted by Crippen LogP contribution is -2.38. The van der Waals surface area contributed by atoms with Gasteiger partial charge in [0.25, 0.3) is 15.9 Å². The number of amides is 1. The third kappa shape index (κ3) is 4.25. The highest BCUT2D eigenvalue weighted by Gasteiger charge is 2.30. The number of benzene rings is 1. The number of aryl methyl sites for hydroxylation is 2. The number of carbonyl (C=O) groups is 1. The zero-order valence-electron chi connectivity index (χ0n) is 16.9. The summed E-state index contributed by atoms with van der Waals surface area (Å²) < 4.78 is 27.7. The number of sulfonamides is 1. The van der Waals surface area contributed by atoms with Crippen LogP contribution in [-0.2, 0) is 10.0 Å². The maximum Gasteiger partial charge on any atom is 0.265 e. The Morgan fingerprint density at radius 1 is 1.11 bits per heavy atom. The molecule has 1 aromatic carbocycles. The SMILES string of the molecule is Cc1ccc(N(C)S(=O)(=O)c2ccsc2C(=O)NC2CCC(C)CC2)cc1C. The molecule has 2 aromatic rings. The van der Waals surface area contributed by atoms with Crippen molar-refractivity contribution < 1.29 is 13.2 Å². The first kappa shape index (κ1) is 20.9. The van der Waals surface area contributed by atoms with Gasteiger partial charge in [-0.2, -0.15) is 0 Å². The van der Waals surface area contributed by atoms with Gasteiger partial charge in [-0.1, -0.05) is 13.0 Å². The summed E-state index contributed by atoms with van der Waals surface area (Å²) >= 11 is 1.17. The Hall–Kier alpha value is -1.86. The summed E-state index contributed by atoms with van der Waals surface area (Å²) in [5.41, 5.74) is 2.71. The molecule has 1 N–H and O–H groups in total. The predicted octanol–water partition coefficient (Wildman–Crippen LogP) is 4.50. The zero-order chi connectivity index (χ0) is 20.5. The lowest BCUT2D eigenvalue weighted by atomic mass is 9.87. The van der Waals surface area contributed by atoms with E-state index in [9.17, 15) is 13.2 Å². The van der Waals surface area contributed by atoms with Crippen LogP contribution in [0.3, 0.4) is 0 Å². The lowest BCUT2D eigenvalue weighted by molar-refractivity contribution is 0.0924. The van der Waals surface area contributed by atoms with Gasteiger partial charge >= 0.3 is 0 Å². The molecule has 0 unspecified atom stereocenters. The number of rotatable bonds is 5.